The average molecular weight is 448 g/mol. The molecule has 1 aliphatic rings. The standard InChI is InChI=1S/C23H29NO6S/c1-18-11-13-20(14-12-18)31(27,28)30-16-6-10-22(25)21-9-5-15-24(21)23(26)29-17-19-7-3-2-4-8-19/h2-4,7-8,11-14,21-22,25H,5-6,9-10,15-17H2,1H3/t21-,22-/m1/s1. The lowest BCUT2D eigenvalue weighted by atomic mass is 10.0. The lowest BCUT2D eigenvalue weighted by Crippen LogP contribution is -2.43. The minimum absolute atomic E-state index is 0.0293. The van der Waals surface area contributed by atoms with Gasteiger partial charge in [0, 0.05) is 6.54 Å². The van der Waals surface area contributed by atoms with Crippen LogP contribution in [0.2, 0.25) is 0 Å². The predicted octanol–water partition coefficient (Wildman–Crippen LogP) is 3.64. The number of hydrogen-bond donors (Lipinski definition) is 1. The number of ether oxygens (including phenoxy) is 1. The smallest absolute Gasteiger partial charge is 0.410 e. The average Bonchev–Trinajstić information content (AvgIpc) is 3.26. The number of hydrogen-bond acceptors (Lipinski definition) is 6. The second-order valence-corrected chi connectivity index (χ2v) is 9.36. The maximum atomic E-state index is 12.5. The van der Waals surface area contributed by atoms with Gasteiger partial charge >= 0.3 is 6.09 Å². The van der Waals surface area contributed by atoms with E-state index in [1.165, 1.54) is 12.1 Å². The minimum Gasteiger partial charge on any atom is -0.445 e. The number of carbonyl (C=O) groups is 1. The third kappa shape index (κ3) is 6.53. The van der Waals surface area contributed by atoms with Crippen molar-refractivity contribution >= 4 is 16.2 Å². The third-order valence-electron chi connectivity index (χ3n) is 5.38. The molecule has 0 unspecified atom stereocenters. The molecule has 0 spiro atoms. The van der Waals surface area contributed by atoms with Crippen LogP contribution < -0.4 is 0 Å². The first-order valence-corrected chi connectivity index (χ1v) is 11.9. The molecule has 2 aromatic rings. The first-order chi connectivity index (χ1) is 14.9. The van der Waals surface area contributed by atoms with Crippen molar-refractivity contribution < 1.29 is 27.2 Å². The van der Waals surface area contributed by atoms with Crippen LogP contribution in [-0.4, -0.2) is 49.8 Å². The van der Waals surface area contributed by atoms with Gasteiger partial charge in [0.25, 0.3) is 10.1 Å². The summed E-state index contributed by atoms with van der Waals surface area (Å²) in [7, 11) is -3.82. The summed E-state index contributed by atoms with van der Waals surface area (Å²) in [5.74, 6) is 0. The normalized spacial score (nSPS) is 17.5. The van der Waals surface area contributed by atoms with Crippen LogP contribution in [0.5, 0.6) is 0 Å². The van der Waals surface area contributed by atoms with E-state index in [2.05, 4.69) is 0 Å². The van der Waals surface area contributed by atoms with Crippen LogP contribution in [0.1, 0.15) is 36.8 Å². The Hall–Kier alpha value is -2.42. The highest BCUT2D eigenvalue weighted by atomic mass is 32.2. The molecule has 0 aliphatic carbocycles. The Morgan fingerprint density at radius 1 is 1.16 bits per heavy atom. The van der Waals surface area contributed by atoms with E-state index >= 15 is 0 Å². The van der Waals surface area contributed by atoms with Crippen LogP contribution in [0.4, 0.5) is 4.79 Å². The highest BCUT2D eigenvalue weighted by Gasteiger charge is 2.34. The summed E-state index contributed by atoms with van der Waals surface area (Å²) in [6, 6.07) is 15.5. The maximum Gasteiger partial charge on any atom is 0.410 e. The molecule has 2 atom stereocenters. The van der Waals surface area contributed by atoms with Crippen molar-refractivity contribution in [2.45, 2.75) is 56.3 Å². The number of aliphatic hydroxyl groups is 1. The van der Waals surface area contributed by atoms with Gasteiger partial charge in [0.05, 0.1) is 23.6 Å². The summed E-state index contributed by atoms with van der Waals surface area (Å²) in [6.07, 6.45) is 0.956. The molecule has 2 aromatic carbocycles. The number of carbonyl (C=O) groups excluding carboxylic acids is 1. The van der Waals surface area contributed by atoms with Crippen molar-refractivity contribution in [1.29, 1.82) is 0 Å². The summed E-state index contributed by atoms with van der Waals surface area (Å²) >= 11 is 0. The summed E-state index contributed by atoms with van der Waals surface area (Å²) in [6.45, 7) is 2.57. The summed E-state index contributed by atoms with van der Waals surface area (Å²) in [5.41, 5.74) is 1.87. The molecule has 0 radical (unpaired) electrons. The molecule has 1 aliphatic heterocycles. The van der Waals surface area contributed by atoms with E-state index < -0.39 is 22.3 Å². The van der Waals surface area contributed by atoms with Crippen LogP contribution >= 0.6 is 0 Å². The van der Waals surface area contributed by atoms with E-state index in [0.29, 0.717) is 25.8 Å². The predicted molar refractivity (Wildman–Crippen MR) is 116 cm³/mol. The van der Waals surface area contributed by atoms with E-state index in [4.69, 9.17) is 8.92 Å². The zero-order chi connectivity index (χ0) is 22.3. The Morgan fingerprint density at radius 3 is 2.58 bits per heavy atom. The lowest BCUT2D eigenvalue weighted by molar-refractivity contribution is 0.0424. The summed E-state index contributed by atoms with van der Waals surface area (Å²) in [4.78, 5) is 14.1. The van der Waals surface area contributed by atoms with E-state index in [1.807, 2.05) is 37.3 Å². The first-order valence-electron chi connectivity index (χ1n) is 10.5. The lowest BCUT2D eigenvalue weighted by Gasteiger charge is -2.28. The molecule has 1 N–H and O–H groups in total. The van der Waals surface area contributed by atoms with Crippen molar-refractivity contribution in [3.05, 3.63) is 65.7 Å². The fraction of sp³-hybridized carbons (Fsp3) is 0.435. The van der Waals surface area contributed by atoms with Gasteiger partial charge in [0.1, 0.15) is 6.61 Å². The quantitative estimate of drug-likeness (QED) is 0.466. The molecule has 31 heavy (non-hydrogen) atoms. The molecule has 0 bridgehead atoms. The van der Waals surface area contributed by atoms with E-state index in [9.17, 15) is 18.3 Å². The number of rotatable bonds is 9. The molecular formula is C23H29NO6S. The number of aryl methyl sites for hydroxylation is 1. The number of aliphatic hydroxyl groups excluding tert-OH is 1. The van der Waals surface area contributed by atoms with Gasteiger partial charge in [-0.2, -0.15) is 8.42 Å². The van der Waals surface area contributed by atoms with E-state index in [1.54, 1.807) is 17.0 Å². The molecule has 168 valence electrons. The summed E-state index contributed by atoms with van der Waals surface area (Å²) < 4.78 is 34.9. The summed E-state index contributed by atoms with van der Waals surface area (Å²) in [5, 5.41) is 10.6. The van der Waals surface area contributed by atoms with Crippen LogP contribution in [0, 0.1) is 6.92 Å². The fourth-order valence-corrected chi connectivity index (χ4v) is 4.59. The second kappa shape index (κ2) is 10.7. The molecule has 1 amide bonds. The third-order valence-corrected chi connectivity index (χ3v) is 6.70. The molecule has 1 saturated heterocycles. The van der Waals surface area contributed by atoms with Gasteiger partial charge in [-0.15, -0.1) is 0 Å². The Morgan fingerprint density at radius 2 is 1.87 bits per heavy atom. The van der Waals surface area contributed by atoms with Crippen molar-refractivity contribution in [1.82, 2.24) is 4.90 Å². The number of likely N-dealkylation sites (tertiary alicyclic amines) is 1. The monoisotopic (exact) mass is 447 g/mol. The van der Waals surface area contributed by atoms with Crippen LogP contribution in [0.15, 0.2) is 59.5 Å². The molecule has 8 heteroatoms. The van der Waals surface area contributed by atoms with Gasteiger partial charge in [-0.25, -0.2) is 4.79 Å². The van der Waals surface area contributed by atoms with Crippen LogP contribution in [-0.2, 0) is 25.6 Å². The van der Waals surface area contributed by atoms with Crippen molar-refractivity contribution in [2.24, 2.45) is 0 Å². The number of nitrogens with zero attached hydrogens (tertiary/aromatic N) is 1. The Bertz CT molecular complexity index is 946. The van der Waals surface area contributed by atoms with Crippen LogP contribution in [0.25, 0.3) is 0 Å². The van der Waals surface area contributed by atoms with E-state index in [-0.39, 0.29) is 24.2 Å². The maximum absolute atomic E-state index is 12.5. The highest BCUT2D eigenvalue weighted by Crippen LogP contribution is 2.24. The number of amides is 1. The Labute approximate surface area is 183 Å². The zero-order valence-corrected chi connectivity index (χ0v) is 18.5. The van der Waals surface area contributed by atoms with Crippen molar-refractivity contribution in [3.63, 3.8) is 0 Å². The van der Waals surface area contributed by atoms with Gasteiger partial charge in [-0.1, -0.05) is 48.0 Å². The van der Waals surface area contributed by atoms with Gasteiger partial charge in [0.2, 0.25) is 0 Å². The van der Waals surface area contributed by atoms with Gasteiger partial charge in [-0.05, 0) is 50.3 Å². The van der Waals surface area contributed by atoms with Crippen molar-refractivity contribution in [2.75, 3.05) is 13.2 Å². The van der Waals surface area contributed by atoms with Gasteiger partial charge in [0.15, 0.2) is 0 Å². The molecule has 0 saturated carbocycles. The highest BCUT2D eigenvalue weighted by molar-refractivity contribution is 7.86. The molecule has 1 fully saturated rings. The first kappa shape index (κ1) is 23.2. The Kier molecular flexibility index (Phi) is 8.06. The second-order valence-electron chi connectivity index (χ2n) is 7.74. The molecular weight excluding hydrogens is 418 g/mol. The molecule has 0 aromatic heterocycles. The van der Waals surface area contributed by atoms with Gasteiger partial charge in [-0.3, -0.25) is 4.18 Å². The Balaban J connectivity index is 1.44. The molecule has 7 nitrogen and oxygen atoms in total. The van der Waals surface area contributed by atoms with E-state index in [0.717, 1.165) is 17.5 Å². The zero-order valence-electron chi connectivity index (χ0n) is 17.6. The largest absolute Gasteiger partial charge is 0.445 e. The minimum atomic E-state index is -3.82. The number of benzene rings is 2. The molecule has 3 rings (SSSR count). The van der Waals surface area contributed by atoms with Gasteiger partial charge < -0.3 is 14.7 Å². The fourth-order valence-electron chi connectivity index (χ4n) is 3.65. The topological polar surface area (TPSA) is 93.1 Å². The SMILES string of the molecule is Cc1ccc(S(=O)(=O)OCCC[C@@H](O)[C@H]2CCCN2C(=O)OCc2ccccc2)cc1. The van der Waals surface area contributed by atoms with Crippen molar-refractivity contribution in [3.8, 4) is 0 Å². The molecule has 1 heterocycles. The van der Waals surface area contributed by atoms with Crippen LogP contribution in [0.3, 0.4) is 0 Å².